The number of hydrogen-bond donors (Lipinski definition) is 9. The van der Waals surface area contributed by atoms with Crippen LogP contribution in [0.4, 0.5) is 66.6 Å². The lowest BCUT2D eigenvalue weighted by Gasteiger charge is -2.13. The van der Waals surface area contributed by atoms with E-state index < -0.39 is 17.7 Å². The largest absolute Gasteiger partial charge is 0.505 e. The zero-order chi connectivity index (χ0) is 89.7. The summed E-state index contributed by atoms with van der Waals surface area (Å²) < 4.78 is 15.1. The molecular weight excluding hydrogens is 1690 g/mol. The maximum Gasteiger partial charge on any atom is 0.259 e. The SMILES string of the molecule is COc1c(C(=O)Nc2cccnc2)cc2ccccc2c1N=Nc1snc(C)c1C#N.Cc1nc(N=Nc2c(O)c(C(=O)Nc3ccccc3)cc3ccccc23)sc1C#N.Cc1nsc(N=Nc2c(O)c(C(=O)Nc3ccc(CO)cc3)cc3ccccc23)n1.O=Cc1cn(-c2ncccn2)nc1N=Nc1c(O)c(C(=O)Nc2ccc(CO)cc2)cc2ccccc12. The van der Waals surface area contributed by atoms with Crippen LogP contribution < -0.4 is 26.0 Å². The molecule has 6 heterocycles. The van der Waals surface area contributed by atoms with Crippen molar-refractivity contribution >= 4 is 174 Å². The Balaban J connectivity index is 0.000000139. The second-order valence-electron chi connectivity index (χ2n) is 27.2. The van der Waals surface area contributed by atoms with Crippen LogP contribution in [0.1, 0.15) is 90.6 Å². The lowest BCUT2D eigenvalue weighted by Crippen LogP contribution is -2.13. The first-order valence-corrected chi connectivity index (χ1v) is 40.6. The minimum absolute atomic E-state index is 0.00948. The monoisotopic (exact) mass is 1750 g/mol. The van der Waals surface area contributed by atoms with E-state index >= 15 is 0 Å². The Morgan fingerprint density at radius 2 is 0.930 bits per heavy atom. The number of amides is 4. The highest BCUT2D eigenvalue weighted by Gasteiger charge is 2.26. The molecule has 9 N–H and O–H groups in total. The Labute approximate surface area is 738 Å². The molecule has 0 aliphatic rings. The van der Waals surface area contributed by atoms with Crippen LogP contribution in [-0.4, -0.2) is 106 Å². The predicted octanol–water partition coefficient (Wildman–Crippen LogP) is 20.8. The highest BCUT2D eigenvalue weighted by Crippen LogP contribution is 2.46. The number of ether oxygens (including phenoxy) is 1. The molecule has 128 heavy (non-hydrogen) atoms. The number of pyridine rings is 1. The molecule has 630 valence electrons. The fourth-order valence-corrected chi connectivity index (χ4v) is 14.4. The molecule has 0 aliphatic heterocycles. The number of aliphatic hydroxyl groups is 2. The lowest BCUT2D eigenvalue weighted by atomic mass is 10.0. The number of aromatic nitrogens is 9. The summed E-state index contributed by atoms with van der Waals surface area (Å²) in [6, 6.07) is 67.3. The number of anilines is 4. The van der Waals surface area contributed by atoms with E-state index in [9.17, 15) is 49.7 Å². The van der Waals surface area contributed by atoms with Gasteiger partial charge in [-0.1, -0.05) is 151 Å². The van der Waals surface area contributed by atoms with Crippen LogP contribution in [0.15, 0.2) is 290 Å². The van der Waals surface area contributed by atoms with Gasteiger partial charge in [-0.3, -0.25) is 29.0 Å². The molecule has 6 aromatic heterocycles. The molecule has 17 aromatic rings. The van der Waals surface area contributed by atoms with E-state index in [1.54, 1.807) is 185 Å². The first-order chi connectivity index (χ1) is 62.3. The summed E-state index contributed by atoms with van der Waals surface area (Å²) >= 11 is 3.29. The summed E-state index contributed by atoms with van der Waals surface area (Å²) in [6.45, 7) is 5.02. The number of fused-ring (bicyclic) bond motifs is 4. The molecule has 17 rings (SSSR count). The van der Waals surface area contributed by atoms with Gasteiger partial charge in [-0.2, -0.15) is 19.3 Å². The van der Waals surface area contributed by atoms with Crippen molar-refractivity contribution in [3.8, 4) is 41.1 Å². The fraction of sp³-hybridized carbons (Fsp3) is 0.0659. The third-order valence-electron chi connectivity index (χ3n) is 18.8. The van der Waals surface area contributed by atoms with E-state index in [-0.39, 0.29) is 93.2 Å². The van der Waals surface area contributed by atoms with Crippen LogP contribution in [-0.2, 0) is 13.2 Å². The molecule has 0 saturated carbocycles. The normalized spacial score (nSPS) is 11.1. The zero-order valence-corrected chi connectivity index (χ0v) is 70.0. The van der Waals surface area contributed by atoms with Crippen LogP contribution in [0.25, 0.3) is 49.0 Å². The summed E-state index contributed by atoms with van der Waals surface area (Å²) in [7, 11) is 1.47. The molecule has 11 aromatic carbocycles. The second-order valence-corrected chi connectivity index (χ2v) is 29.7. The van der Waals surface area contributed by atoms with Gasteiger partial charge in [0.1, 0.15) is 51.2 Å². The third-order valence-corrected chi connectivity index (χ3v) is 21.3. The van der Waals surface area contributed by atoms with Crippen molar-refractivity contribution in [3.05, 3.63) is 316 Å². The van der Waals surface area contributed by atoms with Crippen molar-refractivity contribution < 1.29 is 54.2 Å². The minimum atomic E-state index is -0.560. The Morgan fingerprint density at radius 1 is 0.477 bits per heavy atom. The van der Waals surface area contributed by atoms with Crippen molar-refractivity contribution in [2.24, 2.45) is 40.9 Å². The first-order valence-electron chi connectivity index (χ1n) is 38.3. The van der Waals surface area contributed by atoms with E-state index in [4.69, 9.17) is 15.1 Å². The number of aryl methyl sites for hydroxylation is 3. The number of methoxy groups -OCH3 is 1. The number of carbonyl (C=O) groups excluding carboxylic acids is 5. The molecular formula is C91H67N23O11S3. The number of hydrogen-bond acceptors (Lipinski definition) is 32. The molecule has 0 spiro atoms. The number of benzene rings is 11. The molecule has 0 unspecified atom stereocenters. The average molecular weight is 1750 g/mol. The number of nitriles is 2. The Morgan fingerprint density at radius 3 is 1.39 bits per heavy atom. The molecule has 37 heteroatoms. The van der Waals surface area contributed by atoms with Gasteiger partial charge in [0.05, 0.1) is 71.4 Å². The number of carbonyl (C=O) groups is 5. The summed E-state index contributed by atoms with van der Waals surface area (Å²) in [4.78, 5) is 84.3. The number of nitrogens with zero attached hydrogens (tertiary/aromatic N) is 19. The van der Waals surface area contributed by atoms with Gasteiger partial charge in [-0.15, -0.1) is 46.0 Å². The summed E-state index contributed by atoms with van der Waals surface area (Å²) in [5.41, 5.74) is 6.55. The topological polar surface area (TPSA) is 498 Å². The molecule has 0 fully saturated rings. The number of azo groups is 4. The summed E-state index contributed by atoms with van der Waals surface area (Å²) in [5, 5.41) is 125. The smallest absolute Gasteiger partial charge is 0.259 e. The average Bonchev–Trinajstić information content (AvgIpc) is 0.953. The van der Waals surface area contributed by atoms with Crippen molar-refractivity contribution in [1.29, 1.82) is 10.5 Å². The van der Waals surface area contributed by atoms with E-state index in [1.165, 1.54) is 30.4 Å². The van der Waals surface area contributed by atoms with Gasteiger partial charge in [0, 0.05) is 74.9 Å². The van der Waals surface area contributed by atoms with E-state index in [0.717, 1.165) is 61.5 Å². The number of aromatic hydroxyl groups is 3. The number of thiazole rings is 1. The molecule has 0 radical (unpaired) electrons. The first kappa shape index (κ1) is 87.1. The van der Waals surface area contributed by atoms with Gasteiger partial charge in [0.2, 0.25) is 16.1 Å². The van der Waals surface area contributed by atoms with Crippen LogP contribution in [0.5, 0.6) is 23.0 Å². The van der Waals surface area contributed by atoms with Gasteiger partial charge >= 0.3 is 0 Å². The van der Waals surface area contributed by atoms with Gasteiger partial charge < -0.3 is 51.5 Å². The van der Waals surface area contributed by atoms with E-state index in [1.807, 2.05) is 66.7 Å². The predicted molar refractivity (Wildman–Crippen MR) is 484 cm³/mol. The van der Waals surface area contributed by atoms with Crippen molar-refractivity contribution in [2.45, 2.75) is 34.0 Å². The number of phenolic OH excluding ortho intramolecular Hbond substituents is 3. The lowest BCUT2D eigenvalue weighted by molar-refractivity contribution is 0.101. The van der Waals surface area contributed by atoms with Crippen LogP contribution in [0.2, 0.25) is 0 Å². The quantitative estimate of drug-likeness (QED) is 0.0238. The molecule has 4 amide bonds. The summed E-state index contributed by atoms with van der Waals surface area (Å²) in [6.07, 6.45) is 8.25. The highest BCUT2D eigenvalue weighted by atomic mass is 32.1. The molecule has 0 saturated heterocycles. The molecule has 0 atom stereocenters. The number of rotatable bonds is 21. The van der Waals surface area contributed by atoms with Gasteiger partial charge in [0.15, 0.2) is 34.3 Å². The molecule has 0 aliphatic carbocycles. The van der Waals surface area contributed by atoms with Crippen LogP contribution in [0, 0.1) is 43.4 Å². The van der Waals surface area contributed by atoms with Crippen molar-refractivity contribution in [2.75, 3.05) is 28.4 Å². The standard InChI is InChI=1S/C26H19N7O4.C22H16N6O2S.C22H15N5O2S.C21H17N5O3S/c34-14-16-6-8-19(9-7-16)29-25(37)21-12-17-4-1-2-5-20(17)22(23(21)36)30-31-24-18(15-35)13-33(32-24)26-27-10-3-11-28-26;1-13-18(11-23)22(31-28-13)27-26-19-16-8-4-3-6-14(16)10-17(20(19)30-2)21(29)25-15-7-5-9-24-12-15;1-13-18(12-23)30-22(24-13)27-26-19-16-10-6-5-7-14(16)11-17(20(19)28)21(29)25-15-8-3-2-4-9-15;1-12-22-21(30-26-12)25-24-18-16-5-3-2-4-14(16)10-17(19(18)28)20(29)23-15-8-6-13(11-27)7-9-15/h1-13,15,34,36H,14H2,(H,29,37);3-10,12H,1-2H3,(H,25,29);2-11,28H,1H3,(H,25,29);2-10,27-28H,11H2,1H3,(H,23,29). The Bertz CT molecular complexity index is 7260. The molecule has 0 bridgehead atoms. The number of aldehydes is 1. The third kappa shape index (κ3) is 20.4. The number of aliphatic hydroxyl groups excluding tert-OH is 2. The number of phenols is 3. The summed E-state index contributed by atoms with van der Waals surface area (Å²) in [5.74, 6) is -1.71. The van der Waals surface area contributed by atoms with Gasteiger partial charge in [0.25, 0.3) is 29.6 Å². The van der Waals surface area contributed by atoms with Gasteiger partial charge in [-0.05, 0) is 144 Å². The van der Waals surface area contributed by atoms with E-state index in [2.05, 4.69) is 113 Å². The van der Waals surface area contributed by atoms with E-state index in [0.29, 0.717) is 110 Å². The van der Waals surface area contributed by atoms with Crippen molar-refractivity contribution in [1.82, 2.24) is 43.4 Å². The Hall–Kier alpha value is -17.2. The molecule has 34 nitrogen and oxygen atoms in total. The minimum Gasteiger partial charge on any atom is -0.505 e. The maximum atomic E-state index is 13.1. The maximum absolute atomic E-state index is 13.1. The zero-order valence-electron chi connectivity index (χ0n) is 67.6. The number of para-hydroxylation sites is 1. The van der Waals surface area contributed by atoms with Crippen LogP contribution >= 0.6 is 34.4 Å². The second kappa shape index (κ2) is 40.6. The Kier molecular flexibility index (Phi) is 27.7. The number of nitrogens with one attached hydrogen (secondary N) is 4. The fourth-order valence-electron chi connectivity index (χ4n) is 12.5. The van der Waals surface area contributed by atoms with Gasteiger partial charge in [-0.25, -0.2) is 24.6 Å². The highest BCUT2D eigenvalue weighted by molar-refractivity contribution is 7.16. The van der Waals surface area contributed by atoms with Crippen LogP contribution in [0.3, 0.4) is 0 Å². The van der Waals surface area contributed by atoms with Crippen molar-refractivity contribution in [3.63, 3.8) is 0 Å².